The van der Waals surface area contributed by atoms with Crippen LogP contribution in [0.15, 0.2) is 97.1 Å². The summed E-state index contributed by atoms with van der Waals surface area (Å²) < 4.78 is 0. The Morgan fingerprint density at radius 3 is 1.88 bits per heavy atom. The molecule has 0 saturated heterocycles. The topological polar surface area (TPSA) is 0 Å². The van der Waals surface area contributed by atoms with Crippen LogP contribution in [0.2, 0.25) is 0 Å². The molecule has 6 aromatic rings. The molecule has 2 aliphatic rings. The van der Waals surface area contributed by atoms with Gasteiger partial charge in [0.25, 0.3) is 0 Å². The average Bonchev–Trinajstić information content (AvgIpc) is 3.42. The van der Waals surface area contributed by atoms with Gasteiger partial charge in [-0.1, -0.05) is 84.9 Å². The number of benzene rings is 6. The maximum absolute atomic E-state index is 2.50. The van der Waals surface area contributed by atoms with E-state index in [-0.39, 0.29) is 0 Å². The Morgan fingerprint density at radius 1 is 0.406 bits per heavy atom. The van der Waals surface area contributed by atoms with Crippen molar-refractivity contribution in [1.82, 2.24) is 0 Å². The summed E-state index contributed by atoms with van der Waals surface area (Å²) >= 11 is 0. The second kappa shape index (κ2) is 5.87. The molecule has 0 atom stereocenters. The van der Waals surface area contributed by atoms with Gasteiger partial charge >= 0.3 is 0 Å². The van der Waals surface area contributed by atoms with E-state index in [0.717, 1.165) is 12.8 Å². The molecule has 0 aromatic heterocycles. The second-order valence-electron chi connectivity index (χ2n) is 9.29. The summed E-state index contributed by atoms with van der Waals surface area (Å²) in [5.74, 6) is 0. The minimum Gasteiger partial charge on any atom is -0.0622 e. The van der Waals surface area contributed by atoms with E-state index in [1.807, 2.05) is 0 Å². The minimum absolute atomic E-state index is 1.03. The van der Waals surface area contributed by atoms with Crippen LogP contribution in [-0.2, 0) is 12.8 Å². The van der Waals surface area contributed by atoms with Gasteiger partial charge in [-0.05, 0) is 102 Å². The fourth-order valence-electron chi connectivity index (χ4n) is 6.35. The third-order valence-electron chi connectivity index (χ3n) is 7.64. The standard InChI is InChI=1S/C32H20/c1-2-7-19(8-3-1)20-9-4-10-21(15-20)27-18-24-16-22-11-5-13-25-26-14-6-12-23-17-28(27)32(30(23)26)31(24)29(22)25/h1-15,18H,16-17H2. The first kappa shape index (κ1) is 16.8. The first-order chi connectivity index (χ1) is 15.9. The van der Waals surface area contributed by atoms with Gasteiger partial charge < -0.3 is 0 Å². The molecule has 0 heteroatoms. The molecule has 0 heterocycles. The summed E-state index contributed by atoms with van der Waals surface area (Å²) in [5, 5.41) is 8.88. The maximum atomic E-state index is 2.50. The lowest BCUT2D eigenvalue weighted by atomic mass is 9.89. The van der Waals surface area contributed by atoms with Crippen LogP contribution in [0.4, 0.5) is 0 Å². The van der Waals surface area contributed by atoms with Gasteiger partial charge in [-0.25, -0.2) is 0 Å². The van der Waals surface area contributed by atoms with Crippen molar-refractivity contribution in [3.8, 4) is 22.3 Å². The molecular formula is C32H20. The van der Waals surface area contributed by atoms with Crippen molar-refractivity contribution in [2.75, 3.05) is 0 Å². The zero-order valence-corrected chi connectivity index (χ0v) is 17.7. The molecule has 0 radical (unpaired) electrons. The first-order valence-electron chi connectivity index (χ1n) is 11.5. The van der Waals surface area contributed by atoms with E-state index in [1.165, 1.54) is 76.8 Å². The SMILES string of the molecule is c1ccc(-c2cccc(-c3cc4c5c6c(cccc6c6cccc7c6c5c3C7)C4)c2)cc1. The van der Waals surface area contributed by atoms with Gasteiger partial charge in [0, 0.05) is 0 Å². The van der Waals surface area contributed by atoms with Crippen LogP contribution in [0.1, 0.15) is 22.3 Å². The zero-order valence-electron chi connectivity index (χ0n) is 17.7. The lowest BCUT2D eigenvalue weighted by molar-refractivity contribution is 1.24. The highest BCUT2D eigenvalue weighted by Gasteiger charge is 2.28. The number of fused-ring (bicyclic) bond motifs is 1. The van der Waals surface area contributed by atoms with Crippen molar-refractivity contribution >= 4 is 32.3 Å². The fraction of sp³-hybridized carbons (Fsp3) is 0.0625. The van der Waals surface area contributed by atoms with Gasteiger partial charge in [0.05, 0.1) is 0 Å². The molecule has 2 aliphatic carbocycles. The van der Waals surface area contributed by atoms with Crippen LogP contribution in [-0.4, -0.2) is 0 Å². The van der Waals surface area contributed by atoms with Gasteiger partial charge in [0.15, 0.2) is 0 Å². The molecule has 6 aromatic carbocycles. The highest BCUT2D eigenvalue weighted by atomic mass is 14.3. The Morgan fingerprint density at radius 2 is 1.06 bits per heavy atom. The van der Waals surface area contributed by atoms with Gasteiger partial charge in [-0.2, -0.15) is 0 Å². The quantitative estimate of drug-likeness (QED) is 0.254. The molecule has 0 bridgehead atoms. The Hall–Kier alpha value is -3.90. The van der Waals surface area contributed by atoms with Crippen molar-refractivity contribution in [2.24, 2.45) is 0 Å². The third kappa shape index (κ3) is 2.03. The van der Waals surface area contributed by atoms with Crippen molar-refractivity contribution in [1.29, 1.82) is 0 Å². The van der Waals surface area contributed by atoms with E-state index < -0.39 is 0 Å². The van der Waals surface area contributed by atoms with Crippen LogP contribution < -0.4 is 0 Å². The highest BCUT2D eigenvalue weighted by Crippen LogP contribution is 2.51. The molecule has 0 N–H and O–H groups in total. The summed E-state index contributed by atoms with van der Waals surface area (Å²) in [5.41, 5.74) is 11.3. The molecular weight excluding hydrogens is 384 g/mol. The maximum Gasteiger partial charge on any atom is -0.000683 e. The molecule has 0 unspecified atom stereocenters. The first-order valence-corrected chi connectivity index (χ1v) is 11.5. The van der Waals surface area contributed by atoms with Crippen LogP contribution in [0, 0.1) is 0 Å². The lowest BCUT2D eigenvalue weighted by Crippen LogP contribution is -1.92. The van der Waals surface area contributed by atoms with Gasteiger partial charge in [0.2, 0.25) is 0 Å². The lowest BCUT2D eigenvalue weighted by Gasteiger charge is -2.14. The van der Waals surface area contributed by atoms with E-state index in [0.29, 0.717) is 0 Å². The van der Waals surface area contributed by atoms with Crippen molar-refractivity contribution in [3.63, 3.8) is 0 Å². The largest absolute Gasteiger partial charge is 0.0622 e. The Kier molecular flexibility index (Phi) is 3.07. The summed E-state index contributed by atoms with van der Waals surface area (Å²) in [6.07, 6.45) is 2.07. The van der Waals surface area contributed by atoms with E-state index in [9.17, 15) is 0 Å². The summed E-state index contributed by atoms with van der Waals surface area (Å²) in [6, 6.07) is 36.1. The van der Waals surface area contributed by atoms with Gasteiger partial charge in [0.1, 0.15) is 0 Å². The molecule has 32 heavy (non-hydrogen) atoms. The van der Waals surface area contributed by atoms with Crippen molar-refractivity contribution in [3.05, 3.63) is 119 Å². The van der Waals surface area contributed by atoms with Crippen LogP contribution in [0.25, 0.3) is 54.6 Å². The number of rotatable bonds is 2. The Labute approximate surface area is 186 Å². The molecule has 0 aliphatic heterocycles. The van der Waals surface area contributed by atoms with E-state index in [1.54, 1.807) is 0 Å². The van der Waals surface area contributed by atoms with E-state index in [4.69, 9.17) is 0 Å². The van der Waals surface area contributed by atoms with Crippen LogP contribution >= 0.6 is 0 Å². The van der Waals surface area contributed by atoms with E-state index in [2.05, 4.69) is 97.1 Å². The van der Waals surface area contributed by atoms with Crippen molar-refractivity contribution in [2.45, 2.75) is 12.8 Å². The normalized spacial score (nSPS) is 13.4. The summed E-state index contributed by atoms with van der Waals surface area (Å²) in [6.45, 7) is 0. The molecule has 0 nitrogen and oxygen atoms in total. The fourth-order valence-corrected chi connectivity index (χ4v) is 6.35. The zero-order chi connectivity index (χ0) is 20.8. The minimum atomic E-state index is 1.03. The molecule has 0 spiro atoms. The number of hydrogen-bond acceptors (Lipinski definition) is 0. The molecule has 148 valence electrons. The van der Waals surface area contributed by atoms with Gasteiger partial charge in [-0.3, -0.25) is 0 Å². The Bertz CT molecular complexity index is 1750. The molecule has 0 fully saturated rings. The van der Waals surface area contributed by atoms with Crippen LogP contribution in [0.5, 0.6) is 0 Å². The second-order valence-corrected chi connectivity index (χ2v) is 9.29. The summed E-state index contributed by atoms with van der Waals surface area (Å²) in [7, 11) is 0. The average molecular weight is 405 g/mol. The molecule has 0 saturated carbocycles. The Balaban J connectivity index is 1.48. The predicted octanol–water partition coefficient (Wildman–Crippen LogP) is 8.29. The third-order valence-corrected chi connectivity index (χ3v) is 7.64. The summed E-state index contributed by atoms with van der Waals surface area (Å²) in [4.78, 5) is 0. The molecule has 8 rings (SSSR count). The predicted molar refractivity (Wildman–Crippen MR) is 135 cm³/mol. The van der Waals surface area contributed by atoms with Crippen LogP contribution in [0.3, 0.4) is 0 Å². The monoisotopic (exact) mass is 404 g/mol. The van der Waals surface area contributed by atoms with E-state index >= 15 is 0 Å². The van der Waals surface area contributed by atoms with Crippen molar-refractivity contribution < 1.29 is 0 Å². The smallest absolute Gasteiger partial charge is 0.000683 e. The molecule has 0 amide bonds. The number of hydrogen-bond donors (Lipinski definition) is 0. The highest BCUT2D eigenvalue weighted by molar-refractivity contribution is 6.31. The van der Waals surface area contributed by atoms with Gasteiger partial charge in [-0.15, -0.1) is 0 Å².